The van der Waals surface area contributed by atoms with Crippen molar-refractivity contribution in [1.82, 2.24) is 4.90 Å². The number of carbonyl (C=O) groups is 1. The molecule has 0 aliphatic carbocycles. The summed E-state index contributed by atoms with van der Waals surface area (Å²) in [5.41, 5.74) is 0.957. The van der Waals surface area contributed by atoms with Gasteiger partial charge in [0, 0.05) is 30.6 Å². The van der Waals surface area contributed by atoms with E-state index in [-0.39, 0.29) is 18.1 Å². The number of fused-ring (bicyclic) bond motifs is 1. The molecule has 0 bridgehead atoms. The van der Waals surface area contributed by atoms with Gasteiger partial charge in [-0.3, -0.25) is 4.79 Å². The molecule has 1 saturated heterocycles. The highest BCUT2D eigenvalue weighted by molar-refractivity contribution is 5.81. The SMILES string of the molecule is Cc1cc(=O)oc2cc(OCC(=O)N3CCC[C@H](C)C3)ccc12. The van der Waals surface area contributed by atoms with Gasteiger partial charge in [0.2, 0.25) is 0 Å². The van der Waals surface area contributed by atoms with E-state index in [0.717, 1.165) is 30.5 Å². The zero-order valence-corrected chi connectivity index (χ0v) is 13.5. The summed E-state index contributed by atoms with van der Waals surface area (Å²) in [6.07, 6.45) is 2.22. The van der Waals surface area contributed by atoms with Crippen molar-refractivity contribution in [3.63, 3.8) is 0 Å². The normalized spacial score (nSPS) is 18.2. The van der Waals surface area contributed by atoms with E-state index >= 15 is 0 Å². The minimum Gasteiger partial charge on any atom is -0.484 e. The first-order chi connectivity index (χ1) is 11.0. The van der Waals surface area contributed by atoms with Crippen LogP contribution in [0.25, 0.3) is 11.0 Å². The van der Waals surface area contributed by atoms with Crippen molar-refractivity contribution in [2.75, 3.05) is 19.7 Å². The number of piperidine rings is 1. The Bertz CT molecular complexity index is 780. The van der Waals surface area contributed by atoms with Crippen LogP contribution >= 0.6 is 0 Å². The first-order valence-corrected chi connectivity index (χ1v) is 7.98. The van der Waals surface area contributed by atoms with Gasteiger partial charge < -0.3 is 14.1 Å². The van der Waals surface area contributed by atoms with Crippen LogP contribution in [0.15, 0.2) is 33.5 Å². The maximum absolute atomic E-state index is 12.2. The van der Waals surface area contributed by atoms with Gasteiger partial charge in [-0.15, -0.1) is 0 Å². The van der Waals surface area contributed by atoms with Crippen LogP contribution in [0.2, 0.25) is 0 Å². The number of nitrogens with zero attached hydrogens (tertiary/aromatic N) is 1. The predicted molar refractivity (Wildman–Crippen MR) is 87.7 cm³/mol. The summed E-state index contributed by atoms with van der Waals surface area (Å²) in [5, 5.41) is 0.869. The van der Waals surface area contributed by atoms with Crippen LogP contribution in [0.4, 0.5) is 0 Å². The quantitative estimate of drug-likeness (QED) is 0.817. The third-order valence-corrected chi connectivity index (χ3v) is 4.29. The molecular weight excluding hydrogens is 294 g/mol. The van der Waals surface area contributed by atoms with Crippen LogP contribution in [0.3, 0.4) is 0 Å². The molecule has 2 aromatic rings. The number of rotatable bonds is 3. The molecule has 0 N–H and O–H groups in total. The standard InChI is InChI=1S/C18H21NO4/c1-12-4-3-7-19(10-12)17(20)11-22-14-5-6-15-13(2)8-18(21)23-16(15)9-14/h5-6,8-9,12H,3-4,7,10-11H2,1-2H3/t12-/m0/s1. The summed E-state index contributed by atoms with van der Waals surface area (Å²) in [4.78, 5) is 25.5. The number of benzene rings is 1. The number of ether oxygens (including phenoxy) is 1. The first-order valence-electron chi connectivity index (χ1n) is 7.98. The highest BCUT2D eigenvalue weighted by Crippen LogP contribution is 2.22. The molecule has 1 aliphatic heterocycles. The van der Waals surface area contributed by atoms with Crippen molar-refractivity contribution in [1.29, 1.82) is 0 Å². The van der Waals surface area contributed by atoms with Gasteiger partial charge in [-0.1, -0.05) is 6.92 Å². The van der Waals surface area contributed by atoms with Crippen molar-refractivity contribution in [3.05, 3.63) is 40.2 Å². The molecule has 2 heterocycles. The molecule has 1 atom stereocenters. The van der Waals surface area contributed by atoms with Gasteiger partial charge in [-0.25, -0.2) is 4.79 Å². The number of amides is 1. The fraction of sp³-hybridized carbons (Fsp3) is 0.444. The summed E-state index contributed by atoms with van der Waals surface area (Å²) in [6.45, 7) is 5.63. The molecule has 0 radical (unpaired) electrons. The topological polar surface area (TPSA) is 59.8 Å². The Balaban J connectivity index is 1.69. The minimum absolute atomic E-state index is 0.00217. The largest absolute Gasteiger partial charge is 0.484 e. The maximum atomic E-state index is 12.2. The molecule has 5 nitrogen and oxygen atoms in total. The van der Waals surface area contributed by atoms with E-state index in [0.29, 0.717) is 17.3 Å². The van der Waals surface area contributed by atoms with E-state index in [4.69, 9.17) is 9.15 Å². The molecule has 0 saturated carbocycles. The Morgan fingerprint density at radius 2 is 2.22 bits per heavy atom. The number of carbonyl (C=O) groups excluding carboxylic acids is 1. The van der Waals surface area contributed by atoms with Gasteiger partial charge in [0.15, 0.2) is 6.61 Å². The lowest BCUT2D eigenvalue weighted by molar-refractivity contribution is -0.135. The van der Waals surface area contributed by atoms with Gasteiger partial charge in [0.05, 0.1) is 0 Å². The number of likely N-dealkylation sites (tertiary alicyclic amines) is 1. The van der Waals surface area contributed by atoms with Crippen LogP contribution < -0.4 is 10.4 Å². The fourth-order valence-corrected chi connectivity index (χ4v) is 3.05. The van der Waals surface area contributed by atoms with E-state index in [1.165, 1.54) is 12.5 Å². The average Bonchev–Trinajstić information content (AvgIpc) is 2.52. The zero-order chi connectivity index (χ0) is 16.4. The average molecular weight is 315 g/mol. The van der Waals surface area contributed by atoms with E-state index in [9.17, 15) is 9.59 Å². The molecule has 1 aliphatic rings. The first kappa shape index (κ1) is 15.6. The maximum Gasteiger partial charge on any atom is 0.336 e. The predicted octanol–water partition coefficient (Wildman–Crippen LogP) is 2.74. The molecular formula is C18H21NO4. The van der Waals surface area contributed by atoms with Crippen LogP contribution in [0.1, 0.15) is 25.3 Å². The molecule has 1 aromatic carbocycles. The van der Waals surface area contributed by atoms with Gasteiger partial charge >= 0.3 is 5.63 Å². The second kappa shape index (κ2) is 6.44. The Labute approximate surface area is 134 Å². The van der Waals surface area contributed by atoms with E-state index in [1.807, 2.05) is 17.9 Å². The van der Waals surface area contributed by atoms with Crippen molar-refractivity contribution in [2.24, 2.45) is 5.92 Å². The van der Waals surface area contributed by atoms with Crippen LogP contribution in [-0.4, -0.2) is 30.5 Å². The van der Waals surface area contributed by atoms with E-state index in [1.54, 1.807) is 12.1 Å². The number of hydrogen-bond acceptors (Lipinski definition) is 4. The van der Waals surface area contributed by atoms with Crippen LogP contribution in [0, 0.1) is 12.8 Å². The molecule has 122 valence electrons. The van der Waals surface area contributed by atoms with Crippen LogP contribution in [-0.2, 0) is 4.79 Å². The lowest BCUT2D eigenvalue weighted by Gasteiger charge is -2.30. The van der Waals surface area contributed by atoms with Gasteiger partial charge in [-0.05, 0) is 43.4 Å². The Kier molecular flexibility index (Phi) is 4.37. The molecule has 1 fully saturated rings. The van der Waals surface area contributed by atoms with Gasteiger partial charge in [0.1, 0.15) is 11.3 Å². The summed E-state index contributed by atoms with van der Waals surface area (Å²) in [6, 6.07) is 6.76. The molecule has 3 rings (SSSR count). The Morgan fingerprint density at radius 1 is 1.39 bits per heavy atom. The summed E-state index contributed by atoms with van der Waals surface area (Å²) in [5.74, 6) is 1.08. The lowest BCUT2D eigenvalue weighted by atomic mass is 10.0. The molecule has 23 heavy (non-hydrogen) atoms. The van der Waals surface area contributed by atoms with Gasteiger partial charge in [0.25, 0.3) is 5.91 Å². The highest BCUT2D eigenvalue weighted by Gasteiger charge is 2.21. The summed E-state index contributed by atoms with van der Waals surface area (Å²) >= 11 is 0. The van der Waals surface area contributed by atoms with E-state index < -0.39 is 0 Å². The smallest absolute Gasteiger partial charge is 0.336 e. The molecule has 0 spiro atoms. The summed E-state index contributed by atoms with van der Waals surface area (Å²) < 4.78 is 10.8. The van der Waals surface area contributed by atoms with Crippen molar-refractivity contribution >= 4 is 16.9 Å². The van der Waals surface area contributed by atoms with Gasteiger partial charge in [-0.2, -0.15) is 0 Å². The number of aryl methyl sites for hydroxylation is 1. The third kappa shape index (κ3) is 3.55. The molecule has 0 unspecified atom stereocenters. The monoisotopic (exact) mass is 315 g/mol. The minimum atomic E-state index is -0.384. The van der Waals surface area contributed by atoms with E-state index in [2.05, 4.69) is 6.92 Å². The van der Waals surface area contributed by atoms with Crippen molar-refractivity contribution in [2.45, 2.75) is 26.7 Å². The Morgan fingerprint density at radius 3 is 3.00 bits per heavy atom. The van der Waals surface area contributed by atoms with Crippen molar-refractivity contribution < 1.29 is 13.9 Å². The molecule has 1 aromatic heterocycles. The second-order valence-electron chi connectivity index (χ2n) is 6.28. The van der Waals surface area contributed by atoms with Crippen LogP contribution in [0.5, 0.6) is 5.75 Å². The Hall–Kier alpha value is -2.30. The lowest BCUT2D eigenvalue weighted by Crippen LogP contribution is -2.41. The third-order valence-electron chi connectivity index (χ3n) is 4.29. The zero-order valence-electron chi connectivity index (χ0n) is 13.5. The van der Waals surface area contributed by atoms with Crippen molar-refractivity contribution in [3.8, 4) is 5.75 Å². The second-order valence-corrected chi connectivity index (χ2v) is 6.28. The fourth-order valence-electron chi connectivity index (χ4n) is 3.05. The molecule has 5 heteroatoms. The molecule has 1 amide bonds. The number of hydrogen-bond donors (Lipinski definition) is 0. The highest BCUT2D eigenvalue weighted by atomic mass is 16.5. The summed E-state index contributed by atoms with van der Waals surface area (Å²) in [7, 11) is 0.